The highest BCUT2D eigenvalue weighted by Crippen LogP contribution is 2.21. The normalized spacial score (nSPS) is 10.2. The molecule has 0 aliphatic heterocycles. The second-order valence-electron chi connectivity index (χ2n) is 4.19. The van der Waals surface area contributed by atoms with Gasteiger partial charge in [-0.05, 0) is 31.2 Å². The van der Waals surface area contributed by atoms with Crippen LogP contribution in [0.2, 0.25) is 0 Å². The Morgan fingerprint density at radius 1 is 1.00 bits per heavy atom. The van der Waals surface area contributed by atoms with E-state index in [1.54, 1.807) is 18.9 Å². The van der Waals surface area contributed by atoms with Crippen molar-refractivity contribution in [1.82, 2.24) is 0 Å². The summed E-state index contributed by atoms with van der Waals surface area (Å²) in [6.45, 7) is 2.78. The van der Waals surface area contributed by atoms with Crippen molar-refractivity contribution in [2.75, 3.05) is 19.5 Å². The molecule has 19 heavy (non-hydrogen) atoms. The summed E-state index contributed by atoms with van der Waals surface area (Å²) in [6, 6.07) is 16.2. The summed E-state index contributed by atoms with van der Waals surface area (Å²) in [4.78, 5) is 1.28. The first-order valence-corrected chi connectivity index (χ1v) is 7.23. The lowest BCUT2D eigenvalue weighted by Gasteiger charge is -2.07. The van der Waals surface area contributed by atoms with Crippen molar-refractivity contribution in [1.29, 1.82) is 0 Å². The largest absolute Gasteiger partial charge is 0.497 e. The van der Waals surface area contributed by atoms with Crippen molar-refractivity contribution >= 4 is 11.8 Å². The molecule has 0 atom stereocenters. The molecule has 0 saturated carbocycles. The highest BCUT2D eigenvalue weighted by molar-refractivity contribution is 7.99. The Balaban J connectivity index is 1.75. The Hall–Kier alpha value is -1.61. The van der Waals surface area contributed by atoms with Gasteiger partial charge in [0.1, 0.15) is 11.5 Å². The van der Waals surface area contributed by atoms with Crippen molar-refractivity contribution in [3.63, 3.8) is 0 Å². The molecule has 0 aliphatic carbocycles. The smallest absolute Gasteiger partial charge is 0.123 e. The van der Waals surface area contributed by atoms with Crippen LogP contribution in [0.25, 0.3) is 0 Å². The minimum atomic E-state index is 0.686. The molecule has 3 heteroatoms. The van der Waals surface area contributed by atoms with E-state index >= 15 is 0 Å². The van der Waals surface area contributed by atoms with Crippen LogP contribution in [0.15, 0.2) is 53.4 Å². The second kappa shape index (κ2) is 7.10. The van der Waals surface area contributed by atoms with Gasteiger partial charge in [-0.1, -0.05) is 23.8 Å². The monoisotopic (exact) mass is 274 g/mol. The van der Waals surface area contributed by atoms with Gasteiger partial charge in [-0.3, -0.25) is 0 Å². The van der Waals surface area contributed by atoms with E-state index in [4.69, 9.17) is 9.47 Å². The molecule has 0 amide bonds. The van der Waals surface area contributed by atoms with Crippen LogP contribution in [-0.4, -0.2) is 19.5 Å². The maximum Gasteiger partial charge on any atom is 0.123 e. The van der Waals surface area contributed by atoms with Crippen molar-refractivity contribution < 1.29 is 9.47 Å². The Labute approximate surface area is 118 Å². The SMILES string of the molecule is COc1cccc(OCCSc2ccc(C)cc2)c1. The van der Waals surface area contributed by atoms with Crippen LogP contribution in [0.5, 0.6) is 11.5 Å². The molecule has 0 spiro atoms. The average Bonchev–Trinajstić information content (AvgIpc) is 2.46. The molecular weight excluding hydrogens is 256 g/mol. The fraction of sp³-hybridized carbons (Fsp3) is 0.250. The van der Waals surface area contributed by atoms with E-state index < -0.39 is 0 Å². The molecule has 2 aromatic rings. The number of ether oxygens (including phenoxy) is 2. The summed E-state index contributed by atoms with van der Waals surface area (Å²) in [6.07, 6.45) is 0. The number of methoxy groups -OCH3 is 1. The maximum absolute atomic E-state index is 5.69. The molecule has 0 unspecified atom stereocenters. The minimum Gasteiger partial charge on any atom is -0.497 e. The molecule has 0 N–H and O–H groups in total. The van der Waals surface area contributed by atoms with Gasteiger partial charge in [-0.25, -0.2) is 0 Å². The third kappa shape index (κ3) is 4.52. The zero-order valence-electron chi connectivity index (χ0n) is 11.3. The van der Waals surface area contributed by atoms with Crippen molar-refractivity contribution in [3.05, 3.63) is 54.1 Å². The Bertz CT molecular complexity index is 508. The van der Waals surface area contributed by atoms with E-state index in [2.05, 4.69) is 31.2 Å². The number of rotatable bonds is 6. The van der Waals surface area contributed by atoms with Gasteiger partial charge >= 0.3 is 0 Å². The molecule has 0 radical (unpaired) electrons. The van der Waals surface area contributed by atoms with Gasteiger partial charge in [0.15, 0.2) is 0 Å². The summed E-state index contributed by atoms with van der Waals surface area (Å²) in [5.74, 6) is 2.60. The fourth-order valence-corrected chi connectivity index (χ4v) is 2.38. The van der Waals surface area contributed by atoms with Crippen LogP contribution in [-0.2, 0) is 0 Å². The van der Waals surface area contributed by atoms with Gasteiger partial charge < -0.3 is 9.47 Å². The predicted molar refractivity (Wildman–Crippen MR) is 80.4 cm³/mol. The summed E-state index contributed by atoms with van der Waals surface area (Å²) in [7, 11) is 1.66. The van der Waals surface area contributed by atoms with Crippen LogP contribution in [0.1, 0.15) is 5.56 Å². The molecule has 0 aromatic heterocycles. The van der Waals surface area contributed by atoms with E-state index in [0.29, 0.717) is 6.61 Å². The molecule has 100 valence electrons. The molecule has 0 bridgehead atoms. The van der Waals surface area contributed by atoms with Gasteiger partial charge in [0.2, 0.25) is 0 Å². The summed E-state index contributed by atoms with van der Waals surface area (Å²) in [5.41, 5.74) is 1.29. The van der Waals surface area contributed by atoms with Gasteiger partial charge in [-0.2, -0.15) is 0 Å². The maximum atomic E-state index is 5.69. The Morgan fingerprint density at radius 2 is 1.74 bits per heavy atom. The third-order valence-corrected chi connectivity index (χ3v) is 3.66. The molecule has 0 aliphatic rings. The van der Waals surface area contributed by atoms with Crippen molar-refractivity contribution in [2.24, 2.45) is 0 Å². The molecule has 2 aromatic carbocycles. The quantitative estimate of drug-likeness (QED) is 0.581. The molecule has 2 rings (SSSR count). The third-order valence-electron chi connectivity index (χ3n) is 2.68. The Kier molecular flexibility index (Phi) is 5.16. The lowest BCUT2D eigenvalue weighted by atomic mass is 10.2. The average molecular weight is 274 g/mol. The highest BCUT2D eigenvalue weighted by atomic mass is 32.2. The van der Waals surface area contributed by atoms with Crippen LogP contribution < -0.4 is 9.47 Å². The number of benzene rings is 2. The Morgan fingerprint density at radius 3 is 2.47 bits per heavy atom. The molecule has 0 heterocycles. The van der Waals surface area contributed by atoms with Crippen molar-refractivity contribution in [2.45, 2.75) is 11.8 Å². The van der Waals surface area contributed by atoms with Gasteiger partial charge in [0.05, 0.1) is 13.7 Å². The first-order valence-electron chi connectivity index (χ1n) is 6.24. The highest BCUT2D eigenvalue weighted by Gasteiger charge is 1.98. The zero-order chi connectivity index (χ0) is 13.5. The van der Waals surface area contributed by atoms with E-state index in [-0.39, 0.29) is 0 Å². The summed E-state index contributed by atoms with van der Waals surface area (Å²) >= 11 is 1.80. The van der Waals surface area contributed by atoms with Gasteiger partial charge in [0, 0.05) is 16.7 Å². The van der Waals surface area contributed by atoms with E-state index in [1.807, 2.05) is 24.3 Å². The van der Waals surface area contributed by atoms with E-state index in [0.717, 1.165) is 17.3 Å². The van der Waals surface area contributed by atoms with Gasteiger partial charge in [0.25, 0.3) is 0 Å². The number of hydrogen-bond acceptors (Lipinski definition) is 3. The first-order chi connectivity index (χ1) is 9.28. The number of aryl methyl sites for hydroxylation is 1. The zero-order valence-corrected chi connectivity index (χ0v) is 12.1. The molecule has 0 fully saturated rings. The lowest BCUT2D eigenvalue weighted by Crippen LogP contribution is -2.00. The second-order valence-corrected chi connectivity index (χ2v) is 5.36. The van der Waals surface area contributed by atoms with Crippen LogP contribution >= 0.6 is 11.8 Å². The standard InChI is InChI=1S/C16H18O2S/c1-13-6-8-16(9-7-13)19-11-10-18-15-5-3-4-14(12-15)17-2/h3-9,12H,10-11H2,1-2H3. The molecule has 0 saturated heterocycles. The van der Waals surface area contributed by atoms with Crippen molar-refractivity contribution in [3.8, 4) is 11.5 Å². The molecular formula is C16H18O2S. The number of thioether (sulfide) groups is 1. The lowest BCUT2D eigenvalue weighted by molar-refractivity contribution is 0.339. The summed E-state index contributed by atoms with van der Waals surface area (Å²) in [5, 5.41) is 0. The number of hydrogen-bond donors (Lipinski definition) is 0. The fourth-order valence-electron chi connectivity index (χ4n) is 1.64. The van der Waals surface area contributed by atoms with E-state index in [9.17, 15) is 0 Å². The van der Waals surface area contributed by atoms with E-state index in [1.165, 1.54) is 10.5 Å². The predicted octanol–water partition coefficient (Wildman–Crippen LogP) is 4.17. The molecule has 2 nitrogen and oxygen atoms in total. The summed E-state index contributed by atoms with van der Waals surface area (Å²) < 4.78 is 10.8. The minimum absolute atomic E-state index is 0.686. The van der Waals surface area contributed by atoms with Crippen LogP contribution in [0, 0.1) is 6.92 Å². The van der Waals surface area contributed by atoms with Crippen LogP contribution in [0.4, 0.5) is 0 Å². The van der Waals surface area contributed by atoms with Crippen LogP contribution in [0.3, 0.4) is 0 Å². The van der Waals surface area contributed by atoms with Gasteiger partial charge in [-0.15, -0.1) is 11.8 Å². The first kappa shape index (κ1) is 13.8. The topological polar surface area (TPSA) is 18.5 Å².